The lowest BCUT2D eigenvalue weighted by Crippen LogP contribution is -2.41. The maximum atomic E-state index is 13.7. The van der Waals surface area contributed by atoms with Gasteiger partial charge < -0.3 is 9.30 Å². The van der Waals surface area contributed by atoms with Crippen molar-refractivity contribution in [2.75, 3.05) is 0 Å². The molecule has 1 amide bonds. The minimum atomic E-state index is 0.0647. The number of hydrogen-bond acceptors (Lipinski definition) is 2. The summed E-state index contributed by atoms with van der Waals surface area (Å²) in [6, 6.07) is 4.55. The average Bonchev–Trinajstić information content (AvgIpc) is 3.11. The molecule has 0 saturated heterocycles. The van der Waals surface area contributed by atoms with Gasteiger partial charge in [0, 0.05) is 23.7 Å². The monoisotopic (exact) mass is 393 g/mol. The second-order valence-corrected chi connectivity index (χ2v) is 10.0. The molecule has 0 N–H and O–H groups in total. The van der Waals surface area contributed by atoms with Gasteiger partial charge in [0.1, 0.15) is 5.65 Å². The van der Waals surface area contributed by atoms with E-state index in [4.69, 9.17) is 4.98 Å². The van der Waals surface area contributed by atoms with Gasteiger partial charge in [-0.05, 0) is 55.2 Å². The van der Waals surface area contributed by atoms with Gasteiger partial charge in [0.15, 0.2) is 0 Å². The van der Waals surface area contributed by atoms with Gasteiger partial charge in [0.05, 0.1) is 17.4 Å². The lowest BCUT2D eigenvalue weighted by atomic mass is 9.81. The molecule has 4 rings (SSSR count). The van der Waals surface area contributed by atoms with Crippen LogP contribution in [0.4, 0.5) is 0 Å². The Labute approximate surface area is 175 Å². The van der Waals surface area contributed by atoms with E-state index in [1.54, 1.807) is 0 Å². The second kappa shape index (κ2) is 7.00. The molecule has 1 aliphatic heterocycles. The fourth-order valence-electron chi connectivity index (χ4n) is 5.48. The number of carbonyl (C=O) groups is 1. The van der Waals surface area contributed by atoms with Crippen molar-refractivity contribution in [1.29, 1.82) is 0 Å². The van der Waals surface area contributed by atoms with Crippen LogP contribution in [0.5, 0.6) is 0 Å². The Morgan fingerprint density at radius 1 is 0.966 bits per heavy atom. The van der Waals surface area contributed by atoms with E-state index in [9.17, 15) is 4.79 Å². The third-order valence-electron chi connectivity index (χ3n) is 6.72. The number of allylic oxidation sites excluding steroid dienone is 1. The summed E-state index contributed by atoms with van der Waals surface area (Å²) < 4.78 is 2.32. The number of hydrogen-bond donors (Lipinski definition) is 0. The molecule has 0 saturated carbocycles. The van der Waals surface area contributed by atoms with Gasteiger partial charge in [0.25, 0.3) is 5.91 Å². The van der Waals surface area contributed by atoms with Gasteiger partial charge in [-0.1, -0.05) is 47.6 Å². The maximum absolute atomic E-state index is 13.7. The van der Waals surface area contributed by atoms with E-state index in [-0.39, 0.29) is 29.8 Å². The maximum Gasteiger partial charge on any atom is 0.250 e. The topological polar surface area (TPSA) is 37.6 Å². The minimum Gasteiger partial charge on any atom is -0.328 e. The SMILES string of the molecule is CC(C)C1=C(C(C)C)C2CC(c3nc4ccc(C(C)C)cn4c32)N(C(C)C)C1=O. The summed E-state index contributed by atoms with van der Waals surface area (Å²) in [5.74, 6) is 1.50. The van der Waals surface area contributed by atoms with Crippen LogP contribution in [-0.2, 0) is 4.79 Å². The normalized spacial score (nSPS) is 22.1. The predicted molar refractivity (Wildman–Crippen MR) is 118 cm³/mol. The summed E-state index contributed by atoms with van der Waals surface area (Å²) in [6.07, 6.45) is 3.23. The van der Waals surface area contributed by atoms with E-state index < -0.39 is 0 Å². The molecule has 2 aromatic rings. The lowest BCUT2D eigenvalue weighted by Gasteiger charge is -2.34. The van der Waals surface area contributed by atoms with Crippen LogP contribution in [0, 0.1) is 11.8 Å². The van der Waals surface area contributed by atoms with Gasteiger partial charge in [-0.25, -0.2) is 4.98 Å². The van der Waals surface area contributed by atoms with E-state index in [1.807, 2.05) is 0 Å². The molecule has 1 aliphatic carbocycles. The molecule has 4 nitrogen and oxygen atoms in total. The summed E-state index contributed by atoms with van der Waals surface area (Å²) in [7, 11) is 0. The molecule has 29 heavy (non-hydrogen) atoms. The minimum absolute atomic E-state index is 0.0647. The average molecular weight is 394 g/mol. The molecule has 4 heteroatoms. The fraction of sp³-hybridized carbons (Fsp3) is 0.600. The number of nitrogens with zero attached hydrogens (tertiary/aromatic N) is 3. The highest BCUT2D eigenvalue weighted by molar-refractivity contribution is 5.96. The Bertz CT molecular complexity index is 993. The van der Waals surface area contributed by atoms with Crippen LogP contribution in [0.3, 0.4) is 0 Å². The third kappa shape index (κ3) is 2.94. The first-order chi connectivity index (χ1) is 13.6. The highest BCUT2D eigenvalue weighted by Gasteiger charge is 2.48. The van der Waals surface area contributed by atoms with Crippen LogP contribution in [0.25, 0.3) is 5.65 Å². The van der Waals surface area contributed by atoms with Crippen molar-refractivity contribution in [1.82, 2.24) is 14.3 Å². The zero-order chi connectivity index (χ0) is 21.2. The molecule has 0 aromatic carbocycles. The zero-order valence-electron chi connectivity index (χ0n) is 19.2. The van der Waals surface area contributed by atoms with Gasteiger partial charge in [-0.15, -0.1) is 0 Å². The Morgan fingerprint density at radius 3 is 2.21 bits per heavy atom. The van der Waals surface area contributed by atoms with Crippen molar-refractivity contribution in [2.24, 2.45) is 11.8 Å². The number of fused-ring (bicyclic) bond motifs is 7. The van der Waals surface area contributed by atoms with Gasteiger partial charge >= 0.3 is 0 Å². The number of carbonyl (C=O) groups excluding carboxylic acids is 1. The molecule has 2 aromatic heterocycles. The highest BCUT2D eigenvalue weighted by Crippen LogP contribution is 2.53. The fourth-order valence-corrected chi connectivity index (χ4v) is 5.48. The molecule has 2 bridgehead atoms. The molecule has 0 fully saturated rings. The zero-order valence-corrected chi connectivity index (χ0v) is 19.2. The molecule has 156 valence electrons. The van der Waals surface area contributed by atoms with Crippen molar-refractivity contribution in [2.45, 2.75) is 85.7 Å². The summed E-state index contributed by atoms with van der Waals surface area (Å²) >= 11 is 0. The lowest BCUT2D eigenvalue weighted by molar-refractivity contribution is -0.131. The van der Waals surface area contributed by atoms with Crippen molar-refractivity contribution in [3.63, 3.8) is 0 Å². The standard InChI is InChI=1S/C25H35N3O/c1-13(2)17-9-10-20-26-23-19-11-18(24(23)27(20)12-17)21(14(3)4)22(15(5)6)25(29)28(19)16(7)8/h9-10,12-16,18-19H,11H2,1-8H3. The van der Waals surface area contributed by atoms with E-state index in [2.05, 4.69) is 83.0 Å². The van der Waals surface area contributed by atoms with E-state index in [0.717, 1.165) is 23.3 Å². The van der Waals surface area contributed by atoms with E-state index >= 15 is 0 Å². The van der Waals surface area contributed by atoms with Crippen LogP contribution in [0.15, 0.2) is 29.5 Å². The number of imidazole rings is 1. The molecule has 2 aliphatic rings. The summed E-state index contributed by atoms with van der Waals surface area (Å²) in [4.78, 5) is 20.9. The molecule has 3 heterocycles. The number of pyridine rings is 1. The first kappa shape index (κ1) is 20.2. The number of amides is 1. The first-order valence-electron chi connectivity index (χ1n) is 11.2. The summed E-state index contributed by atoms with van der Waals surface area (Å²) in [5, 5.41) is 0. The predicted octanol–water partition coefficient (Wildman–Crippen LogP) is 5.85. The van der Waals surface area contributed by atoms with Crippen LogP contribution >= 0.6 is 0 Å². The number of rotatable bonds is 4. The molecule has 0 radical (unpaired) electrons. The summed E-state index contributed by atoms with van der Waals surface area (Å²) in [5.41, 5.74) is 7.11. The molecular formula is C25H35N3O. The van der Waals surface area contributed by atoms with Crippen LogP contribution in [0.1, 0.15) is 96.6 Å². The van der Waals surface area contributed by atoms with E-state index in [1.165, 1.54) is 16.8 Å². The molecule has 2 atom stereocenters. The Kier molecular flexibility index (Phi) is 4.87. The highest BCUT2D eigenvalue weighted by atomic mass is 16.2. The van der Waals surface area contributed by atoms with Crippen molar-refractivity contribution >= 4 is 11.6 Å². The van der Waals surface area contributed by atoms with Gasteiger partial charge in [0.2, 0.25) is 0 Å². The van der Waals surface area contributed by atoms with Crippen molar-refractivity contribution in [3.05, 3.63) is 46.4 Å². The quantitative estimate of drug-likeness (QED) is 0.654. The van der Waals surface area contributed by atoms with Gasteiger partial charge in [-0.2, -0.15) is 0 Å². The first-order valence-corrected chi connectivity index (χ1v) is 11.2. The summed E-state index contributed by atoms with van der Waals surface area (Å²) in [6.45, 7) is 17.6. The Hall–Kier alpha value is -2.10. The Morgan fingerprint density at radius 2 is 1.66 bits per heavy atom. The van der Waals surface area contributed by atoms with Gasteiger partial charge in [-0.3, -0.25) is 4.79 Å². The van der Waals surface area contributed by atoms with Crippen LogP contribution < -0.4 is 0 Å². The largest absolute Gasteiger partial charge is 0.328 e. The van der Waals surface area contributed by atoms with Crippen molar-refractivity contribution < 1.29 is 4.79 Å². The molecule has 0 spiro atoms. The molecular weight excluding hydrogens is 358 g/mol. The Balaban J connectivity index is 2.05. The second-order valence-electron chi connectivity index (χ2n) is 10.0. The van der Waals surface area contributed by atoms with E-state index in [0.29, 0.717) is 11.8 Å². The van der Waals surface area contributed by atoms with Crippen LogP contribution in [0.2, 0.25) is 0 Å². The van der Waals surface area contributed by atoms with Crippen LogP contribution in [-0.4, -0.2) is 26.2 Å². The smallest absolute Gasteiger partial charge is 0.250 e. The molecule has 2 unspecified atom stereocenters. The number of aromatic nitrogens is 2. The van der Waals surface area contributed by atoms with Crippen molar-refractivity contribution in [3.8, 4) is 0 Å². The third-order valence-corrected chi connectivity index (χ3v) is 6.72.